The summed E-state index contributed by atoms with van der Waals surface area (Å²) in [5.41, 5.74) is 7.55. The second-order valence-electron chi connectivity index (χ2n) is 9.22. The molecule has 5 rings (SSSR count). The Balaban J connectivity index is 0.00000104. The van der Waals surface area contributed by atoms with Gasteiger partial charge in [-0.1, -0.05) is 58.0 Å². The fraction of sp³-hybridized carbons (Fsp3) is 0.194. The summed E-state index contributed by atoms with van der Waals surface area (Å²) in [6, 6.07) is 19.8. The molecule has 0 amide bonds. The molecule has 0 aliphatic rings. The average molecular weight is 790 g/mol. The van der Waals surface area contributed by atoms with Gasteiger partial charge in [-0.05, 0) is 61.7 Å². The van der Waals surface area contributed by atoms with Gasteiger partial charge >= 0.3 is 21.2 Å². The molecule has 0 spiro atoms. The maximum absolute atomic E-state index is 12.2. The molecule has 0 saturated carbocycles. The fourth-order valence-electron chi connectivity index (χ4n) is 4.00. The molecule has 0 atom stereocenters. The van der Waals surface area contributed by atoms with Crippen molar-refractivity contribution < 1.29 is 43.3 Å². The lowest BCUT2D eigenvalue weighted by Crippen LogP contribution is -2.02. The zero-order valence-electron chi connectivity index (χ0n) is 29.0. The molecule has 0 saturated heterocycles. The molecule has 1 heterocycles. The van der Waals surface area contributed by atoms with E-state index < -0.39 is 47.7 Å². The van der Waals surface area contributed by atoms with Gasteiger partial charge in [0.15, 0.2) is 5.75 Å². The van der Waals surface area contributed by atoms with Gasteiger partial charge in [0.2, 0.25) is 5.95 Å². The zero-order chi connectivity index (χ0) is 40.3. The highest BCUT2D eigenvalue weighted by Gasteiger charge is 2.24. The summed E-state index contributed by atoms with van der Waals surface area (Å²) in [5, 5.41) is 30.9. The molecule has 282 valence electrons. The number of anilines is 3. The average Bonchev–Trinajstić information content (AvgIpc) is 3.08. The van der Waals surface area contributed by atoms with Crippen LogP contribution in [0.5, 0.6) is 5.75 Å². The quantitative estimate of drug-likeness (QED) is 0.0749. The molecule has 5 aromatic rings. The highest BCUT2D eigenvalue weighted by atomic mass is 32.2. The van der Waals surface area contributed by atoms with Crippen molar-refractivity contribution in [2.75, 3.05) is 11.1 Å². The molecule has 53 heavy (non-hydrogen) atoms. The second-order valence-corrected chi connectivity index (χ2v) is 11.4. The van der Waals surface area contributed by atoms with E-state index in [0.717, 1.165) is 6.07 Å². The van der Waals surface area contributed by atoms with Crippen molar-refractivity contribution in [1.82, 2.24) is 15.0 Å². The number of benzene rings is 4. The number of aryl methyl sites for hydroxylation is 2. The van der Waals surface area contributed by atoms with Gasteiger partial charge in [-0.15, -0.1) is 35.5 Å². The van der Waals surface area contributed by atoms with Crippen molar-refractivity contribution in [3.8, 4) is 5.75 Å². The lowest BCUT2D eigenvalue weighted by Gasteiger charge is -2.12. The molecule has 0 unspecified atom stereocenters. The predicted molar refractivity (Wildman–Crippen MR) is 196 cm³/mol. The van der Waals surface area contributed by atoms with E-state index in [1.807, 2.05) is 33.8 Å². The topological polar surface area (TPSA) is 303 Å². The number of nitrogens with one attached hydrogen (secondary N) is 1. The summed E-state index contributed by atoms with van der Waals surface area (Å²) >= 11 is 0. The van der Waals surface area contributed by atoms with Crippen LogP contribution in [-0.4, -0.2) is 58.3 Å². The summed E-state index contributed by atoms with van der Waals surface area (Å²) < 4.78 is 85.0. The van der Waals surface area contributed by atoms with E-state index >= 15 is 0 Å². The van der Waals surface area contributed by atoms with Gasteiger partial charge < -0.3 is 16.2 Å². The minimum atomic E-state index is -4.81. The van der Waals surface area contributed by atoms with Gasteiger partial charge in [0, 0.05) is 5.69 Å². The molecular formula is C31H35N9O10S3. The van der Waals surface area contributed by atoms with Crippen LogP contribution in [0.25, 0.3) is 10.8 Å². The Bertz CT molecular complexity index is 2350. The summed E-state index contributed by atoms with van der Waals surface area (Å²) in [5.74, 6) is 0.827. The van der Waals surface area contributed by atoms with Crippen LogP contribution in [0, 0.1) is 13.8 Å². The smallest absolute Gasteiger partial charge is 0.425 e. The predicted octanol–water partition coefficient (Wildman–Crippen LogP) is 6.79. The molecule has 4 aromatic carbocycles. The Morgan fingerprint density at radius 2 is 1.23 bits per heavy atom. The molecule has 0 aliphatic carbocycles. The molecule has 19 nitrogen and oxygen atoms in total. The normalized spacial score (nSPS) is 10.4. The van der Waals surface area contributed by atoms with Crippen LogP contribution in [0.1, 0.15) is 39.3 Å². The Morgan fingerprint density at radius 3 is 1.77 bits per heavy atom. The molecule has 0 fully saturated rings. The minimum absolute atomic E-state index is 0.0344. The van der Waals surface area contributed by atoms with Gasteiger partial charge in [0.05, 0.1) is 22.4 Å². The van der Waals surface area contributed by atoms with E-state index in [1.165, 1.54) is 12.1 Å². The van der Waals surface area contributed by atoms with Crippen molar-refractivity contribution in [2.24, 2.45) is 20.5 Å². The maximum atomic E-state index is 12.2. The highest BCUT2D eigenvalue weighted by molar-refractivity contribution is 7.86. The first-order valence-corrected chi connectivity index (χ1v) is 18.5. The lowest BCUT2D eigenvalue weighted by atomic mass is 10.1. The third-order valence-electron chi connectivity index (χ3n) is 5.77. The standard InChI is InChI=1S/C27H23N9O4S.2C2H6.2O3S/c1-15-29-16(2)31-27(30-15)32-19-9-6-10-20(14-19)34-36-25-22(41(38,39)40)13-17-11-12-21(24(28)23(17)26(25)37)35-33-18-7-4-3-5-8-18;2*1-2;2*1-4(2)3/h3-14,37H,28H2,1-2H3,(H,38,39,40)(H,29,30,31,32);2*1-2H3;;. The van der Waals surface area contributed by atoms with Crippen molar-refractivity contribution in [3.05, 3.63) is 84.4 Å². The largest absolute Gasteiger partial charge is 0.505 e. The van der Waals surface area contributed by atoms with Crippen molar-refractivity contribution in [2.45, 2.75) is 46.4 Å². The SMILES string of the molecule is CC.CC.Cc1nc(C)nc(Nc2cccc(N=Nc3c(S(=O)(=O)O)cc4ccc(N=Nc5ccccc5)c(N)c4c3O)c2)n1.O=S(=O)=O.O=S(=O)=O. The third kappa shape index (κ3) is 15.0. The zero-order valence-corrected chi connectivity index (χ0v) is 31.5. The third-order valence-corrected chi connectivity index (χ3v) is 6.64. The number of phenolic OH excluding ortho intramolecular Hbond substituents is 1. The van der Waals surface area contributed by atoms with Crippen LogP contribution in [0.3, 0.4) is 0 Å². The number of hydrogen-bond acceptors (Lipinski definition) is 18. The van der Waals surface area contributed by atoms with Gasteiger partial charge in [-0.2, -0.15) is 28.6 Å². The van der Waals surface area contributed by atoms with Crippen LogP contribution in [0.2, 0.25) is 0 Å². The Morgan fingerprint density at radius 1 is 0.698 bits per heavy atom. The number of azo groups is 2. The van der Waals surface area contributed by atoms with E-state index in [9.17, 15) is 18.1 Å². The number of phenols is 1. The number of nitrogens with zero attached hydrogens (tertiary/aromatic N) is 7. The number of rotatable bonds is 7. The van der Waals surface area contributed by atoms with E-state index in [-0.39, 0.29) is 22.1 Å². The Kier molecular flexibility index (Phi) is 18.6. The number of aromatic nitrogens is 3. The van der Waals surface area contributed by atoms with E-state index in [4.69, 9.17) is 31.0 Å². The van der Waals surface area contributed by atoms with Crippen LogP contribution in [0.4, 0.5) is 40.1 Å². The number of hydrogen-bond donors (Lipinski definition) is 4. The van der Waals surface area contributed by atoms with E-state index in [2.05, 4.69) is 40.7 Å². The first-order valence-electron chi connectivity index (χ1n) is 15.1. The van der Waals surface area contributed by atoms with Gasteiger partial charge in [-0.25, -0.2) is 4.98 Å². The molecule has 22 heteroatoms. The molecule has 5 N–H and O–H groups in total. The summed E-state index contributed by atoms with van der Waals surface area (Å²) in [6.45, 7) is 11.5. The first kappa shape index (κ1) is 44.9. The number of nitrogens with two attached hydrogens (primary N) is 1. The van der Waals surface area contributed by atoms with Crippen molar-refractivity contribution in [3.63, 3.8) is 0 Å². The number of aromatic hydroxyl groups is 1. The summed E-state index contributed by atoms with van der Waals surface area (Å²) in [4.78, 5) is 12.0. The van der Waals surface area contributed by atoms with E-state index in [1.54, 1.807) is 62.4 Å². The molecule has 0 bridgehead atoms. The highest BCUT2D eigenvalue weighted by Crippen LogP contribution is 2.46. The van der Waals surface area contributed by atoms with Crippen LogP contribution in [-0.2, 0) is 31.3 Å². The van der Waals surface area contributed by atoms with Crippen LogP contribution >= 0.6 is 0 Å². The Hall–Kier alpha value is -6.10. The van der Waals surface area contributed by atoms with Crippen molar-refractivity contribution in [1.29, 1.82) is 0 Å². The number of nitrogen functional groups attached to an aromatic ring is 1. The van der Waals surface area contributed by atoms with Crippen LogP contribution in [0.15, 0.2) is 98.1 Å². The molecular weight excluding hydrogens is 755 g/mol. The van der Waals surface area contributed by atoms with E-state index in [0.29, 0.717) is 34.7 Å². The van der Waals surface area contributed by atoms with Gasteiger partial charge in [0.25, 0.3) is 10.1 Å². The first-order chi connectivity index (χ1) is 25.0. The van der Waals surface area contributed by atoms with Crippen molar-refractivity contribution >= 4 is 82.2 Å². The monoisotopic (exact) mass is 789 g/mol. The minimum Gasteiger partial charge on any atom is -0.505 e. The van der Waals surface area contributed by atoms with Gasteiger partial charge in [0.1, 0.15) is 27.9 Å². The number of fused-ring (bicyclic) bond motifs is 1. The second kappa shape index (κ2) is 22.0. The summed E-state index contributed by atoms with van der Waals surface area (Å²) in [6.07, 6.45) is 0. The summed E-state index contributed by atoms with van der Waals surface area (Å²) in [7, 11) is -11.0. The Labute approximate surface area is 307 Å². The fourth-order valence-corrected chi connectivity index (χ4v) is 4.65. The lowest BCUT2D eigenvalue weighted by molar-refractivity contribution is 0.472. The molecule has 1 aromatic heterocycles. The molecule has 0 aliphatic heterocycles. The van der Waals surface area contributed by atoms with Crippen LogP contribution < -0.4 is 11.1 Å². The molecule has 0 radical (unpaired) electrons. The van der Waals surface area contributed by atoms with Gasteiger partial charge in [-0.3, -0.25) is 4.55 Å². The maximum Gasteiger partial charge on any atom is 0.425 e.